The lowest BCUT2D eigenvalue weighted by Gasteiger charge is -2.10. The summed E-state index contributed by atoms with van der Waals surface area (Å²) < 4.78 is 0.961. The first kappa shape index (κ1) is 13.2. The van der Waals surface area contributed by atoms with Gasteiger partial charge in [0.1, 0.15) is 0 Å². The Morgan fingerprint density at radius 2 is 2.19 bits per heavy atom. The first-order valence-corrected chi connectivity index (χ1v) is 6.13. The number of benzene rings is 1. The molecule has 1 unspecified atom stereocenters. The van der Waals surface area contributed by atoms with Gasteiger partial charge in [-0.15, -0.1) is 0 Å². The lowest BCUT2D eigenvalue weighted by atomic mass is 10.1. The van der Waals surface area contributed by atoms with Crippen molar-refractivity contribution in [3.05, 3.63) is 28.2 Å². The van der Waals surface area contributed by atoms with E-state index in [0.29, 0.717) is 6.42 Å². The van der Waals surface area contributed by atoms with Crippen molar-refractivity contribution in [3.63, 3.8) is 0 Å². The van der Waals surface area contributed by atoms with Gasteiger partial charge in [-0.25, -0.2) is 0 Å². The molecule has 0 saturated heterocycles. The van der Waals surface area contributed by atoms with Crippen molar-refractivity contribution in [2.45, 2.75) is 32.7 Å². The Morgan fingerprint density at radius 1 is 1.50 bits per heavy atom. The Hall–Kier alpha value is -0.870. The summed E-state index contributed by atoms with van der Waals surface area (Å²) in [5, 5.41) is 2.84. The summed E-state index contributed by atoms with van der Waals surface area (Å²) in [6.45, 7) is 3.96. The molecule has 0 aliphatic heterocycles. The molecule has 4 heteroatoms. The highest BCUT2D eigenvalue weighted by atomic mass is 79.9. The number of halogens is 1. The molecule has 1 aromatic rings. The predicted octanol–water partition coefficient (Wildman–Crippen LogP) is 2.82. The van der Waals surface area contributed by atoms with Crippen LogP contribution in [-0.4, -0.2) is 11.9 Å². The molecule has 1 rings (SSSR count). The van der Waals surface area contributed by atoms with E-state index in [2.05, 4.69) is 21.2 Å². The smallest absolute Gasteiger partial charge is 0.225 e. The fourth-order valence-corrected chi connectivity index (χ4v) is 2.01. The average molecular weight is 285 g/mol. The summed E-state index contributed by atoms with van der Waals surface area (Å²) in [5.41, 5.74) is 7.62. The quantitative estimate of drug-likeness (QED) is 0.893. The Kier molecular flexibility index (Phi) is 4.96. The number of nitrogens with one attached hydrogen (secondary N) is 1. The number of hydrogen-bond acceptors (Lipinski definition) is 2. The van der Waals surface area contributed by atoms with Crippen LogP contribution in [0.3, 0.4) is 0 Å². The normalized spacial score (nSPS) is 12.2. The van der Waals surface area contributed by atoms with E-state index in [1.807, 2.05) is 32.0 Å². The number of amides is 1. The number of aryl methyl sites for hydroxylation is 1. The van der Waals surface area contributed by atoms with Crippen molar-refractivity contribution in [1.29, 1.82) is 0 Å². The van der Waals surface area contributed by atoms with Gasteiger partial charge in [-0.3, -0.25) is 4.79 Å². The van der Waals surface area contributed by atoms with Crippen LogP contribution in [0.25, 0.3) is 0 Å². The summed E-state index contributed by atoms with van der Waals surface area (Å²) in [6.07, 6.45) is 1.17. The predicted molar refractivity (Wildman–Crippen MR) is 70.4 cm³/mol. The highest BCUT2D eigenvalue weighted by molar-refractivity contribution is 9.10. The van der Waals surface area contributed by atoms with Gasteiger partial charge in [0, 0.05) is 22.6 Å². The van der Waals surface area contributed by atoms with Crippen molar-refractivity contribution in [3.8, 4) is 0 Å². The molecule has 0 aromatic heterocycles. The second-order valence-electron chi connectivity index (χ2n) is 3.94. The highest BCUT2D eigenvalue weighted by Crippen LogP contribution is 2.19. The number of hydrogen-bond donors (Lipinski definition) is 2. The maximum atomic E-state index is 11.6. The van der Waals surface area contributed by atoms with Crippen LogP contribution in [0.2, 0.25) is 0 Å². The molecule has 1 atom stereocenters. The van der Waals surface area contributed by atoms with E-state index >= 15 is 0 Å². The van der Waals surface area contributed by atoms with Crippen LogP contribution in [0.1, 0.15) is 25.3 Å². The fourth-order valence-electron chi connectivity index (χ4n) is 1.40. The molecular weight excluding hydrogens is 268 g/mol. The lowest BCUT2D eigenvalue weighted by Crippen LogP contribution is -2.26. The van der Waals surface area contributed by atoms with E-state index in [4.69, 9.17) is 5.73 Å². The van der Waals surface area contributed by atoms with E-state index < -0.39 is 0 Å². The topological polar surface area (TPSA) is 55.1 Å². The molecule has 1 amide bonds. The van der Waals surface area contributed by atoms with Crippen molar-refractivity contribution < 1.29 is 4.79 Å². The molecule has 0 saturated carbocycles. The first-order valence-electron chi connectivity index (χ1n) is 5.34. The third-order valence-corrected chi connectivity index (χ3v) is 2.76. The molecule has 3 N–H and O–H groups in total. The fraction of sp³-hybridized carbons (Fsp3) is 0.417. The molecule has 0 aliphatic carbocycles. The zero-order chi connectivity index (χ0) is 12.1. The van der Waals surface area contributed by atoms with Gasteiger partial charge in [-0.05, 0) is 37.1 Å². The molecular formula is C12H17BrN2O. The summed E-state index contributed by atoms with van der Waals surface area (Å²) >= 11 is 3.39. The zero-order valence-electron chi connectivity index (χ0n) is 9.59. The molecule has 0 bridgehead atoms. The second-order valence-corrected chi connectivity index (χ2v) is 4.85. The van der Waals surface area contributed by atoms with Gasteiger partial charge >= 0.3 is 0 Å². The van der Waals surface area contributed by atoms with Crippen LogP contribution in [0.5, 0.6) is 0 Å². The molecule has 0 heterocycles. The summed E-state index contributed by atoms with van der Waals surface area (Å²) in [7, 11) is 0. The van der Waals surface area contributed by atoms with Crippen molar-refractivity contribution in [2.24, 2.45) is 5.73 Å². The number of anilines is 1. The first-order chi connectivity index (χ1) is 7.51. The Morgan fingerprint density at radius 3 is 2.75 bits per heavy atom. The molecule has 0 aliphatic rings. The van der Waals surface area contributed by atoms with E-state index in [-0.39, 0.29) is 11.9 Å². The van der Waals surface area contributed by atoms with Gasteiger partial charge in [0.2, 0.25) is 5.91 Å². The number of rotatable bonds is 4. The van der Waals surface area contributed by atoms with Gasteiger partial charge in [-0.2, -0.15) is 0 Å². The molecule has 88 valence electrons. The van der Waals surface area contributed by atoms with Gasteiger partial charge in [-0.1, -0.05) is 22.9 Å². The Labute approximate surface area is 105 Å². The second kappa shape index (κ2) is 6.01. The highest BCUT2D eigenvalue weighted by Gasteiger charge is 2.08. The standard InChI is InChI=1S/C12H17BrN2O/c1-3-10(14)7-12(16)15-11-5-8(2)4-9(13)6-11/h4-6,10H,3,7,14H2,1-2H3,(H,15,16). The van der Waals surface area contributed by atoms with Crippen LogP contribution in [0.15, 0.2) is 22.7 Å². The van der Waals surface area contributed by atoms with Crippen molar-refractivity contribution in [1.82, 2.24) is 0 Å². The van der Waals surface area contributed by atoms with Crippen LogP contribution >= 0.6 is 15.9 Å². The van der Waals surface area contributed by atoms with Gasteiger partial charge in [0.15, 0.2) is 0 Å². The summed E-state index contributed by atoms with van der Waals surface area (Å²) in [4.78, 5) is 11.6. The van der Waals surface area contributed by atoms with Crippen LogP contribution in [-0.2, 0) is 4.79 Å². The number of carbonyl (C=O) groups is 1. The molecule has 1 aromatic carbocycles. The Balaban J connectivity index is 2.62. The number of nitrogens with two attached hydrogens (primary N) is 1. The summed E-state index contributed by atoms with van der Waals surface area (Å²) in [5.74, 6) is -0.0353. The Bertz CT molecular complexity index is 359. The third-order valence-electron chi connectivity index (χ3n) is 2.30. The van der Waals surface area contributed by atoms with Crippen molar-refractivity contribution >= 4 is 27.5 Å². The molecule has 0 fully saturated rings. The summed E-state index contributed by atoms with van der Waals surface area (Å²) in [6, 6.07) is 5.74. The zero-order valence-corrected chi connectivity index (χ0v) is 11.2. The molecule has 16 heavy (non-hydrogen) atoms. The monoisotopic (exact) mass is 284 g/mol. The van der Waals surface area contributed by atoms with Crippen LogP contribution < -0.4 is 11.1 Å². The van der Waals surface area contributed by atoms with Gasteiger partial charge in [0.05, 0.1) is 0 Å². The van der Waals surface area contributed by atoms with Gasteiger partial charge < -0.3 is 11.1 Å². The van der Waals surface area contributed by atoms with E-state index in [1.54, 1.807) is 0 Å². The van der Waals surface area contributed by atoms with E-state index in [0.717, 1.165) is 22.1 Å². The van der Waals surface area contributed by atoms with Gasteiger partial charge in [0.25, 0.3) is 0 Å². The minimum atomic E-state index is -0.0618. The maximum Gasteiger partial charge on any atom is 0.225 e. The van der Waals surface area contributed by atoms with E-state index in [1.165, 1.54) is 0 Å². The maximum absolute atomic E-state index is 11.6. The minimum absolute atomic E-state index is 0.0353. The third kappa shape index (κ3) is 4.33. The van der Waals surface area contributed by atoms with Crippen LogP contribution in [0, 0.1) is 6.92 Å². The van der Waals surface area contributed by atoms with Crippen molar-refractivity contribution in [2.75, 3.05) is 5.32 Å². The molecule has 0 radical (unpaired) electrons. The van der Waals surface area contributed by atoms with Crippen LogP contribution in [0.4, 0.5) is 5.69 Å². The molecule has 3 nitrogen and oxygen atoms in total. The number of carbonyl (C=O) groups excluding carboxylic acids is 1. The largest absolute Gasteiger partial charge is 0.327 e. The minimum Gasteiger partial charge on any atom is -0.327 e. The lowest BCUT2D eigenvalue weighted by molar-refractivity contribution is -0.116. The SMILES string of the molecule is CCC(N)CC(=O)Nc1cc(C)cc(Br)c1. The molecule has 0 spiro atoms. The van der Waals surface area contributed by atoms with E-state index in [9.17, 15) is 4.79 Å². The average Bonchev–Trinajstić information content (AvgIpc) is 2.15.